The van der Waals surface area contributed by atoms with E-state index >= 15 is 0 Å². The first kappa shape index (κ1) is 3.31. The highest BCUT2D eigenvalue weighted by Gasteiger charge is 2.38. The number of nitrogens with two attached hydrogens (primary N) is 1. The average molecular weight is 236 g/mol. The van der Waals surface area contributed by atoms with Crippen LogP contribution in [-0.4, -0.2) is 5.78 Å². The largest absolute Gasteiger partial charge is 0.315 e. The van der Waals surface area contributed by atoms with Gasteiger partial charge >= 0.3 is 0 Å². The van der Waals surface area contributed by atoms with E-state index in [9.17, 15) is 4.79 Å². The third-order valence-corrected chi connectivity index (χ3v) is 2.18. The highest BCUT2D eigenvalue weighted by molar-refractivity contribution is 6.31. The SMILES string of the molecule is [2H]c1c([2H])c([2H])c(C2(N)C(=O)C([2H])([2H])C([2H])([2H])C([2H])([2H])C2([2H])[2H])c(Cl)c1[2H]. The second-order valence-corrected chi connectivity index (χ2v) is 3.20. The zero-order chi connectivity index (χ0) is 21.5. The van der Waals surface area contributed by atoms with Crippen molar-refractivity contribution in [3.8, 4) is 0 Å². The van der Waals surface area contributed by atoms with Crippen LogP contribution in [0.5, 0.6) is 0 Å². The normalized spacial score (nSPS) is 51.7. The van der Waals surface area contributed by atoms with E-state index in [0.717, 1.165) is 0 Å². The van der Waals surface area contributed by atoms with Gasteiger partial charge in [-0.1, -0.05) is 36.1 Å². The highest BCUT2D eigenvalue weighted by atomic mass is 35.5. The number of rotatable bonds is 1. The quantitative estimate of drug-likeness (QED) is 0.813. The summed E-state index contributed by atoms with van der Waals surface area (Å²) in [7, 11) is 0. The zero-order valence-electron chi connectivity index (χ0n) is 19.4. The van der Waals surface area contributed by atoms with Crippen LogP contribution in [0.1, 0.15) is 47.5 Å². The molecule has 1 atom stereocenters. The van der Waals surface area contributed by atoms with Crippen LogP contribution >= 0.6 is 11.6 Å². The van der Waals surface area contributed by atoms with Crippen LogP contribution in [0.3, 0.4) is 0 Å². The third-order valence-electron chi connectivity index (χ3n) is 1.89. The van der Waals surface area contributed by atoms with Gasteiger partial charge in [-0.3, -0.25) is 4.79 Å². The van der Waals surface area contributed by atoms with Crippen molar-refractivity contribution in [1.82, 2.24) is 0 Å². The maximum atomic E-state index is 12.8. The third kappa shape index (κ3) is 1.80. The Kier molecular flexibility index (Phi) is 0.873. The second-order valence-electron chi connectivity index (χ2n) is 2.83. The maximum Gasteiger partial charge on any atom is 0.157 e. The standard InChI is InChI=1S/C12H14ClNO/c13-10-6-2-1-5-9(10)12(14)8-4-3-7-11(12)15/h1-2,5-6H,3-4,7-8,14H2/i1D,2D,3D2,4D2,5D,6D,7D2,8D2. The molecule has 15 heavy (non-hydrogen) atoms. The topological polar surface area (TPSA) is 43.1 Å². The van der Waals surface area contributed by atoms with Crippen molar-refractivity contribution in [2.75, 3.05) is 0 Å². The van der Waals surface area contributed by atoms with Crippen molar-refractivity contribution in [2.24, 2.45) is 5.73 Å². The van der Waals surface area contributed by atoms with Crippen LogP contribution in [0.15, 0.2) is 24.2 Å². The van der Waals surface area contributed by atoms with Crippen molar-refractivity contribution < 1.29 is 21.2 Å². The summed E-state index contributed by atoms with van der Waals surface area (Å²) in [6.45, 7) is 0. The van der Waals surface area contributed by atoms with E-state index in [1.54, 1.807) is 0 Å². The van der Waals surface area contributed by atoms with Gasteiger partial charge in [-0.2, -0.15) is 0 Å². The predicted octanol–water partition coefficient (Wildman–Crippen LogP) is 2.64. The monoisotopic (exact) mass is 235 g/mol. The Bertz CT molecular complexity index is 824. The molecule has 2 N–H and O–H groups in total. The zero-order valence-corrected chi connectivity index (χ0v) is 8.12. The first-order chi connectivity index (χ1) is 11.8. The van der Waals surface area contributed by atoms with E-state index in [-0.39, 0.29) is 0 Å². The molecule has 2 rings (SSSR count). The molecule has 0 saturated heterocycles. The minimum Gasteiger partial charge on any atom is -0.315 e. The van der Waals surface area contributed by atoms with Crippen LogP contribution in [0.4, 0.5) is 0 Å². The fourth-order valence-corrected chi connectivity index (χ4v) is 1.36. The molecule has 0 aromatic heterocycles. The van der Waals surface area contributed by atoms with Gasteiger partial charge in [-0.15, -0.1) is 0 Å². The van der Waals surface area contributed by atoms with Crippen molar-refractivity contribution in [1.29, 1.82) is 0 Å². The molecule has 0 bridgehead atoms. The molecule has 0 spiro atoms. The summed E-state index contributed by atoms with van der Waals surface area (Å²) in [6, 6.07) is -3.68. The van der Waals surface area contributed by atoms with Crippen LogP contribution < -0.4 is 5.73 Å². The van der Waals surface area contributed by atoms with E-state index in [1.165, 1.54) is 0 Å². The smallest absolute Gasteiger partial charge is 0.157 e. The van der Waals surface area contributed by atoms with Crippen LogP contribution in [0, 0.1) is 0 Å². The Morgan fingerprint density at radius 1 is 1.47 bits per heavy atom. The minimum absolute atomic E-state index is 0.817. The molecule has 1 fully saturated rings. The lowest BCUT2D eigenvalue weighted by Gasteiger charge is -2.32. The molecule has 1 aliphatic carbocycles. The van der Waals surface area contributed by atoms with Crippen LogP contribution in [-0.2, 0) is 10.3 Å². The second kappa shape index (κ2) is 3.95. The van der Waals surface area contributed by atoms with Gasteiger partial charge in [0, 0.05) is 22.4 Å². The molecule has 2 nitrogen and oxygen atoms in total. The van der Waals surface area contributed by atoms with Crippen molar-refractivity contribution in [3.05, 3.63) is 34.8 Å². The van der Waals surface area contributed by atoms with Crippen molar-refractivity contribution in [2.45, 2.75) is 31.0 Å². The first-order valence-electron chi connectivity index (χ1n) is 9.93. The molecule has 1 unspecified atom stereocenters. The summed E-state index contributed by atoms with van der Waals surface area (Å²) < 4.78 is 93.9. The molecule has 0 amide bonds. The van der Waals surface area contributed by atoms with Gasteiger partial charge in [-0.25, -0.2) is 0 Å². The first-order valence-corrected chi connectivity index (χ1v) is 4.31. The van der Waals surface area contributed by atoms with E-state index in [2.05, 4.69) is 0 Å². The Morgan fingerprint density at radius 3 is 3.00 bits per heavy atom. The molecule has 1 aliphatic rings. The molecule has 1 aromatic rings. The average Bonchev–Trinajstić information content (AvgIpc) is 2.55. The van der Waals surface area contributed by atoms with Crippen LogP contribution in [0.2, 0.25) is 5.02 Å². The Morgan fingerprint density at radius 2 is 2.20 bits per heavy atom. The highest BCUT2D eigenvalue weighted by Crippen LogP contribution is 2.35. The summed E-state index contributed by atoms with van der Waals surface area (Å²) in [5.41, 5.74) is 1.49. The number of halogens is 1. The van der Waals surface area contributed by atoms with Gasteiger partial charge in [0.25, 0.3) is 0 Å². The predicted molar refractivity (Wildman–Crippen MR) is 60.8 cm³/mol. The fourth-order valence-electron chi connectivity index (χ4n) is 1.12. The Hall–Kier alpha value is -0.860. The molecule has 0 heterocycles. The molecule has 3 heteroatoms. The van der Waals surface area contributed by atoms with Gasteiger partial charge in [0.1, 0.15) is 5.54 Å². The van der Waals surface area contributed by atoms with Crippen LogP contribution in [0.25, 0.3) is 0 Å². The molecular weight excluding hydrogens is 210 g/mol. The number of ketones is 1. The minimum atomic E-state index is -3.67. The van der Waals surface area contributed by atoms with E-state index in [1.807, 2.05) is 0 Å². The van der Waals surface area contributed by atoms with Gasteiger partial charge in [0.05, 0.1) is 5.48 Å². The molecule has 1 saturated carbocycles. The Balaban J connectivity index is 3.06. The number of Topliss-reactive ketones (excluding diaryl/α,β-unsaturated/α-hetero) is 1. The lowest BCUT2D eigenvalue weighted by molar-refractivity contribution is -0.126. The molecular formula is C12H14ClNO. The lowest BCUT2D eigenvalue weighted by atomic mass is 9.76. The lowest BCUT2D eigenvalue weighted by Crippen LogP contribution is -2.47. The van der Waals surface area contributed by atoms with Gasteiger partial charge in [0.2, 0.25) is 0 Å². The van der Waals surface area contributed by atoms with Gasteiger partial charge in [-0.05, 0) is 24.4 Å². The summed E-state index contributed by atoms with van der Waals surface area (Å²) in [5, 5.41) is -0.880. The summed E-state index contributed by atoms with van der Waals surface area (Å²) in [4.78, 5) is 12.8. The number of hydrogen-bond acceptors (Lipinski definition) is 2. The molecule has 0 radical (unpaired) electrons. The van der Waals surface area contributed by atoms with E-state index in [4.69, 9.17) is 33.8 Å². The number of benzene rings is 1. The number of carbonyl (C=O) groups is 1. The van der Waals surface area contributed by atoms with Gasteiger partial charge in [0.15, 0.2) is 5.78 Å². The number of carbonyl (C=O) groups excluding carboxylic acids is 1. The maximum absolute atomic E-state index is 12.8. The van der Waals surface area contributed by atoms with Crippen molar-refractivity contribution >= 4 is 17.4 Å². The summed E-state index contributed by atoms with van der Waals surface area (Å²) in [6.07, 6.45) is -14.6. The fraction of sp³-hybridized carbons (Fsp3) is 0.417. The molecule has 1 aromatic carbocycles. The summed E-state index contributed by atoms with van der Waals surface area (Å²) in [5.74, 6) is -1.92. The van der Waals surface area contributed by atoms with Gasteiger partial charge < -0.3 is 5.73 Å². The molecule has 0 aliphatic heterocycles. The van der Waals surface area contributed by atoms with Crippen molar-refractivity contribution in [3.63, 3.8) is 0 Å². The summed E-state index contributed by atoms with van der Waals surface area (Å²) >= 11 is 5.90. The van der Waals surface area contributed by atoms with E-state index < -0.39 is 71.6 Å². The molecule has 80 valence electrons. The van der Waals surface area contributed by atoms with E-state index in [0.29, 0.717) is 0 Å². The Labute approximate surface area is 111 Å². The number of hydrogen-bond donors (Lipinski definition) is 1.